The number of hydrogen-bond donors (Lipinski definition) is 1. The Morgan fingerprint density at radius 2 is 1.57 bits per heavy atom. The van der Waals surface area contributed by atoms with Gasteiger partial charge in [-0.2, -0.15) is 0 Å². The van der Waals surface area contributed by atoms with Crippen LogP contribution in [0.4, 0.5) is 0 Å². The van der Waals surface area contributed by atoms with Crippen molar-refractivity contribution in [1.29, 1.82) is 0 Å². The van der Waals surface area contributed by atoms with Crippen molar-refractivity contribution in [3.05, 3.63) is 0 Å². The molecule has 0 aromatic carbocycles. The summed E-state index contributed by atoms with van der Waals surface area (Å²) in [5, 5.41) is 3.11. The standard InChI is InChI=1S/C19H29NO3/c1-3-4-16(21)5-12(2)17(22)18(23)20-19-9-13-6-14(10-19)8-15(7-13)11-19/h12-15H,3-11H2,1-2H3,(H,20,23)/t12-,13?,14?,15?,19?/m0/s1. The Balaban J connectivity index is 1.58. The van der Waals surface area contributed by atoms with Gasteiger partial charge in [0, 0.05) is 24.3 Å². The van der Waals surface area contributed by atoms with Gasteiger partial charge >= 0.3 is 0 Å². The number of carbonyl (C=O) groups excluding carboxylic acids is 3. The van der Waals surface area contributed by atoms with Crippen molar-refractivity contribution < 1.29 is 14.4 Å². The molecule has 1 atom stereocenters. The van der Waals surface area contributed by atoms with E-state index in [1.807, 2.05) is 6.92 Å². The van der Waals surface area contributed by atoms with Crippen LogP contribution >= 0.6 is 0 Å². The Morgan fingerprint density at radius 1 is 1.04 bits per heavy atom. The highest BCUT2D eigenvalue weighted by Gasteiger charge is 2.52. The quantitative estimate of drug-likeness (QED) is 0.734. The van der Waals surface area contributed by atoms with E-state index >= 15 is 0 Å². The van der Waals surface area contributed by atoms with E-state index in [1.165, 1.54) is 19.3 Å². The van der Waals surface area contributed by atoms with Crippen LogP contribution in [-0.2, 0) is 14.4 Å². The molecule has 4 aliphatic rings. The van der Waals surface area contributed by atoms with Gasteiger partial charge in [-0.05, 0) is 62.7 Å². The van der Waals surface area contributed by atoms with Crippen LogP contribution < -0.4 is 5.32 Å². The lowest BCUT2D eigenvalue weighted by Crippen LogP contribution is -2.61. The molecule has 0 radical (unpaired) electrons. The Kier molecular flexibility index (Phi) is 4.61. The summed E-state index contributed by atoms with van der Waals surface area (Å²) in [7, 11) is 0. The van der Waals surface area contributed by atoms with E-state index < -0.39 is 17.6 Å². The molecule has 4 fully saturated rings. The van der Waals surface area contributed by atoms with Gasteiger partial charge in [0.2, 0.25) is 5.78 Å². The van der Waals surface area contributed by atoms with Crippen molar-refractivity contribution in [2.45, 2.75) is 77.2 Å². The molecule has 1 N–H and O–H groups in total. The molecule has 4 bridgehead atoms. The summed E-state index contributed by atoms with van der Waals surface area (Å²) < 4.78 is 0. The number of amides is 1. The van der Waals surface area contributed by atoms with E-state index in [0.29, 0.717) is 6.42 Å². The summed E-state index contributed by atoms with van der Waals surface area (Å²) >= 11 is 0. The Hall–Kier alpha value is -1.19. The van der Waals surface area contributed by atoms with Crippen molar-refractivity contribution in [2.75, 3.05) is 0 Å². The van der Waals surface area contributed by atoms with Gasteiger partial charge in [0.25, 0.3) is 5.91 Å². The van der Waals surface area contributed by atoms with Gasteiger partial charge in [-0.3, -0.25) is 14.4 Å². The maximum Gasteiger partial charge on any atom is 0.288 e. The summed E-state index contributed by atoms with van der Waals surface area (Å²) in [6.07, 6.45) is 8.54. The first-order valence-electron chi connectivity index (χ1n) is 9.29. The molecule has 4 nitrogen and oxygen atoms in total. The molecule has 0 spiro atoms. The van der Waals surface area contributed by atoms with Gasteiger partial charge < -0.3 is 5.32 Å². The maximum atomic E-state index is 12.4. The minimum Gasteiger partial charge on any atom is -0.344 e. The highest BCUT2D eigenvalue weighted by molar-refractivity contribution is 6.37. The molecule has 4 saturated carbocycles. The first-order chi connectivity index (χ1) is 10.9. The average molecular weight is 319 g/mol. The third-order valence-electron chi connectivity index (χ3n) is 6.15. The molecular formula is C19H29NO3. The summed E-state index contributed by atoms with van der Waals surface area (Å²) in [6.45, 7) is 3.65. The van der Waals surface area contributed by atoms with Crippen LogP contribution in [0.1, 0.15) is 71.6 Å². The van der Waals surface area contributed by atoms with Crippen molar-refractivity contribution in [3.8, 4) is 0 Å². The van der Waals surface area contributed by atoms with Gasteiger partial charge in [-0.15, -0.1) is 0 Å². The lowest BCUT2D eigenvalue weighted by Gasteiger charge is -2.56. The summed E-state index contributed by atoms with van der Waals surface area (Å²) in [4.78, 5) is 36.5. The monoisotopic (exact) mass is 319 g/mol. The van der Waals surface area contributed by atoms with Gasteiger partial charge in [0.1, 0.15) is 5.78 Å². The topological polar surface area (TPSA) is 63.2 Å². The molecule has 0 aromatic rings. The molecule has 23 heavy (non-hydrogen) atoms. The SMILES string of the molecule is CCCC(=O)C[C@H](C)C(=O)C(=O)NC12CC3CC(CC(C3)C1)C2. The minimum atomic E-state index is -0.497. The van der Waals surface area contributed by atoms with Crippen molar-refractivity contribution in [2.24, 2.45) is 23.7 Å². The van der Waals surface area contributed by atoms with Gasteiger partial charge in [0.15, 0.2) is 0 Å². The Labute approximate surface area is 138 Å². The molecule has 0 unspecified atom stereocenters. The van der Waals surface area contributed by atoms with Crippen molar-refractivity contribution in [3.63, 3.8) is 0 Å². The predicted molar refractivity (Wildman–Crippen MR) is 87.7 cm³/mol. The number of hydrogen-bond acceptors (Lipinski definition) is 3. The van der Waals surface area contributed by atoms with Crippen LogP contribution in [0.5, 0.6) is 0 Å². The van der Waals surface area contributed by atoms with E-state index in [-0.39, 0.29) is 17.7 Å². The van der Waals surface area contributed by atoms with Crippen LogP contribution in [0, 0.1) is 23.7 Å². The fourth-order valence-corrected chi connectivity index (χ4v) is 5.61. The molecule has 0 aromatic heterocycles. The number of ketones is 2. The fraction of sp³-hybridized carbons (Fsp3) is 0.842. The molecule has 0 heterocycles. The summed E-state index contributed by atoms with van der Waals surface area (Å²) in [6, 6.07) is 0. The number of carbonyl (C=O) groups is 3. The van der Waals surface area contributed by atoms with Crippen LogP contribution in [0.25, 0.3) is 0 Å². The predicted octanol–water partition coefficient (Wildman–Crippen LogP) is 3.04. The summed E-state index contributed by atoms with van der Waals surface area (Å²) in [5.74, 6) is 0.925. The van der Waals surface area contributed by atoms with Crippen LogP contribution in [0.2, 0.25) is 0 Å². The molecule has 0 aliphatic heterocycles. The van der Waals surface area contributed by atoms with Gasteiger partial charge in [-0.1, -0.05) is 13.8 Å². The molecule has 4 rings (SSSR count). The molecular weight excluding hydrogens is 290 g/mol. The second-order valence-electron chi connectivity index (χ2n) is 8.41. The maximum absolute atomic E-state index is 12.4. The van der Waals surface area contributed by atoms with E-state index in [4.69, 9.17) is 0 Å². The van der Waals surface area contributed by atoms with E-state index in [9.17, 15) is 14.4 Å². The minimum absolute atomic E-state index is 0.0796. The summed E-state index contributed by atoms with van der Waals surface area (Å²) in [5.41, 5.74) is -0.130. The highest BCUT2D eigenvalue weighted by Crippen LogP contribution is 2.55. The zero-order chi connectivity index (χ0) is 16.6. The molecule has 1 amide bonds. The lowest BCUT2D eigenvalue weighted by atomic mass is 9.53. The number of nitrogens with one attached hydrogen (secondary N) is 1. The molecule has 128 valence electrons. The van der Waals surface area contributed by atoms with E-state index in [2.05, 4.69) is 5.32 Å². The Morgan fingerprint density at radius 3 is 2.04 bits per heavy atom. The lowest BCUT2D eigenvalue weighted by molar-refractivity contribution is -0.143. The van der Waals surface area contributed by atoms with Crippen LogP contribution in [0.3, 0.4) is 0 Å². The van der Waals surface area contributed by atoms with Gasteiger partial charge in [0.05, 0.1) is 0 Å². The van der Waals surface area contributed by atoms with E-state index in [1.54, 1.807) is 6.92 Å². The number of rotatable bonds is 7. The van der Waals surface area contributed by atoms with E-state index in [0.717, 1.165) is 43.4 Å². The third kappa shape index (κ3) is 3.51. The van der Waals surface area contributed by atoms with Gasteiger partial charge in [-0.25, -0.2) is 0 Å². The van der Waals surface area contributed by atoms with Crippen LogP contribution in [0.15, 0.2) is 0 Å². The fourth-order valence-electron chi connectivity index (χ4n) is 5.61. The van der Waals surface area contributed by atoms with Crippen molar-refractivity contribution in [1.82, 2.24) is 5.32 Å². The third-order valence-corrected chi connectivity index (χ3v) is 6.15. The first kappa shape index (κ1) is 16.7. The highest BCUT2D eigenvalue weighted by atomic mass is 16.2. The molecule has 4 heteroatoms. The second-order valence-corrected chi connectivity index (χ2v) is 8.41. The van der Waals surface area contributed by atoms with Crippen molar-refractivity contribution >= 4 is 17.5 Å². The molecule has 4 aliphatic carbocycles. The van der Waals surface area contributed by atoms with Crippen LogP contribution in [-0.4, -0.2) is 23.0 Å². The number of Topliss-reactive ketones (excluding diaryl/α,β-unsaturated/α-hetero) is 2. The average Bonchev–Trinajstić information content (AvgIpc) is 2.44. The smallest absolute Gasteiger partial charge is 0.288 e. The Bertz CT molecular complexity index is 475. The zero-order valence-electron chi connectivity index (χ0n) is 14.4. The molecule has 0 saturated heterocycles. The second kappa shape index (κ2) is 6.37. The zero-order valence-corrected chi connectivity index (χ0v) is 14.4. The first-order valence-corrected chi connectivity index (χ1v) is 9.29. The largest absolute Gasteiger partial charge is 0.344 e. The normalized spacial score (nSPS) is 35.8.